The molecule has 2 aromatic carbocycles. The van der Waals surface area contributed by atoms with Crippen LogP contribution < -0.4 is 4.80 Å². The summed E-state index contributed by atoms with van der Waals surface area (Å²) < 4.78 is 7.65. The van der Waals surface area contributed by atoms with Gasteiger partial charge in [-0.25, -0.2) is 0 Å². The van der Waals surface area contributed by atoms with Crippen LogP contribution in [0.15, 0.2) is 35.3 Å². The lowest BCUT2D eigenvalue weighted by molar-refractivity contribution is -0.143. The van der Waals surface area contributed by atoms with Gasteiger partial charge in [0.2, 0.25) is 0 Å². The van der Waals surface area contributed by atoms with Crippen molar-refractivity contribution >= 4 is 45.0 Å². The molecule has 1 heterocycles. The molecule has 7 heteroatoms. The molecular formula is C22H23ClN2O3S. The van der Waals surface area contributed by atoms with Crippen LogP contribution in [-0.2, 0) is 27.3 Å². The van der Waals surface area contributed by atoms with Crippen LogP contribution >= 0.6 is 22.9 Å². The summed E-state index contributed by atoms with van der Waals surface area (Å²) in [5.74, 6) is -0.628. The van der Waals surface area contributed by atoms with E-state index in [9.17, 15) is 9.59 Å². The molecule has 0 radical (unpaired) electrons. The van der Waals surface area contributed by atoms with Crippen LogP contribution in [0.2, 0.25) is 5.02 Å². The van der Waals surface area contributed by atoms with Crippen LogP contribution in [0.25, 0.3) is 10.2 Å². The van der Waals surface area contributed by atoms with E-state index in [1.165, 1.54) is 16.9 Å². The number of hydrogen-bond donors (Lipinski definition) is 0. The van der Waals surface area contributed by atoms with E-state index in [0.717, 1.165) is 26.9 Å². The molecule has 0 spiro atoms. The summed E-state index contributed by atoms with van der Waals surface area (Å²) in [7, 11) is 0. The Morgan fingerprint density at radius 3 is 2.48 bits per heavy atom. The van der Waals surface area contributed by atoms with E-state index in [1.54, 1.807) is 23.6 Å². The van der Waals surface area contributed by atoms with Gasteiger partial charge in [0.05, 0.1) is 23.2 Å². The zero-order valence-electron chi connectivity index (χ0n) is 16.9. The van der Waals surface area contributed by atoms with E-state index in [0.29, 0.717) is 16.4 Å². The lowest BCUT2D eigenvalue weighted by atomic mass is 9.97. The molecule has 152 valence electrons. The zero-order chi connectivity index (χ0) is 21.1. The second-order valence-corrected chi connectivity index (χ2v) is 8.39. The third kappa shape index (κ3) is 4.95. The first kappa shape index (κ1) is 21.3. The van der Waals surface area contributed by atoms with Gasteiger partial charge in [0.1, 0.15) is 6.54 Å². The maximum Gasteiger partial charge on any atom is 0.326 e. The van der Waals surface area contributed by atoms with Crippen LogP contribution in [0.5, 0.6) is 0 Å². The average molecular weight is 431 g/mol. The van der Waals surface area contributed by atoms with Crippen LogP contribution in [0.4, 0.5) is 0 Å². The Hall–Kier alpha value is -2.44. The molecule has 29 heavy (non-hydrogen) atoms. The molecule has 0 N–H and O–H groups in total. The number of amides is 1. The minimum Gasteiger partial charge on any atom is -0.465 e. The van der Waals surface area contributed by atoms with Crippen molar-refractivity contribution in [1.82, 2.24) is 4.57 Å². The fraction of sp³-hybridized carbons (Fsp3) is 0.318. The number of aryl methyl sites for hydroxylation is 3. The van der Waals surface area contributed by atoms with E-state index in [-0.39, 0.29) is 24.8 Å². The lowest BCUT2D eigenvalue weighted by Gasteiger charge is -2.09. The Morgan fingerprint density at radius 2 is 1.83 bits per heavy atom. The molecule has 3 rings (SSSR count). The van der Waals surface area contributed by atoms with E-state index in [2.05, 4.69) is 17.1 Å². The topological polar surface area (TPSA) is 60.7 Å². The van der Waals surface area contributed by atoms with E-state index in [1.807, 2.05) is 26.8 Å². The van der Waals surface area contributed by atoms with Crippen LogP contribution in [-0.4, -0.2) is 23.1 Å². The van der Waals surface area contributed by atoms with Crippen LogP contribution in [0.3, 0.4) is 0 Å². The van der Waals surface area contributed by atoms with Gasteiger partial charge < -0.3 is 9.30 Å². The van der Waals surface area contributed by atoms with Crippen molar-refractivity contribution in [3.8, 4) is 0 Å². The Balaban J connectivity index is 2.02. The Bertz CT molecular complexity index is 1140. The molecule has 1 aromatic heterocycles. The summed E-state index contributed by atoms with van der Waals surface area (Å²) in [5.41, 5.74) is 5.11. The summed E-state index contributed by atoms with van der Waals surface area (Å²) in [6, 6.07) is 9.52. The molecule has 0 fully saturated rings. The van der Waals surface area contributed by atoms with Gasteiger partial charge in [-0.15, -0.1) is 0 Å². The van der Waals surface area contributed by atoms with Crippen molar-refractivity contribution < 1.29 is 14.3 Å². The molecule has 0 bridgehead atoms. The number of nitrogens with zero attached hydrogens (tertiary/aromatic N) is 2. The van der Waals surface area contributed by atoms with Crippen LogP contribution in [0.1, 0.15) is 29.2 Å². The molecular weight excluding hydrogens is 408 g/mol. The monoisotopic (exact) mass is 430 g/mol. The Labute approximate surface area is 178 Å². The summed E-state index contributed by atoms with van der Waals surface area (Å²) in [6.07, 6.45) is 0.215. The van der Waals surface area contributed by atoms with Gasteiger partial charge in [-0.1, -0.05) is 40.6 Å². The van der Waals surface area contributed by atoms with Gasteiger partial charge >= 0.3 is 5.97 Å². The van der Waals surface area contributed by atoms with Gasteiger partial charge in [-0.05, 0) is 62.6 Å². The van der Waals surface area contributed by atoms with Crippen molar-refractivity contribution in [2.75, 3.05) is 6.61 Å². The number of thiazole rings is 1. The molecule has 3 aromatic rings. The summed E-state index contributed by atoms with van der Waals surface area (Å²) in [4.78, 5) is 29.6. The third-order valence-electron chi connectivity index (χ3n) is 4.63. The number of carbonyl (C=O) groups excluding carboxylic acids is 2. The molecule has 0 unspecified atom stereocenters. The lowest BCUT2D eigenvalue weighted by Crippen LogP contribution is -2.23. The maximum atomic E-state index is 12.8. The number of rotatable bonds is 5. The van der Waals surface area contributed by atoms with Crippen molar-refractivity contribution in [3.05, 3.63) is 62.4 Å². The highest BCUT2D eigenvalue weighted by atomic mass is 35.5. The third-order valence-corrected chi connectivity index (χ3v) is 5.90. The minimum absolute atomic E-state index is 0.00975. The number of carbonyl (C=O) groups is 2. The number of ether oxygens (including phenoxy) is 1. The molecule has 0 saturated heterocycles. The molecule has 0 atom stereocenters. The van der Waals surface area contributed by atoms with Crippen LogP contribution in [0, 0.1) is 20.8 Å². The summed E-state index contributed by atoms with van der Waals surface area (Å²) in [6.45, 7) is 8.09. The number of halogens is 1. The number of fused-ring (bicyclic) bond motifs is 1. The largest absolute Gasteiger partial charge is 0.465 e. The van der Waals surface area contributed by atoms with Crippen molar-refractivity contribution in [1.29, 1.82) is 0 Å². The minimum atomic E-state index is -0.374. The molecule has 0 aliphatic heterocycles. The highest BCUT2D eigenvalue weighted by Crippen LogP contribution is 2.22. The standard InChI is InChI=1S/C22H23ClN2O3S/c1-5-28-21(27)12-25-18-7-6-16(23)10-19(18)29-22(25)24-20(26)11-17-14(3)8-13(2)9-15(17)4/h6-10H,5,11-12H2,1-4H3. The van der Waals surface area contributed by atoms with Gasteiger partial charge in [-0.3, -0.25) is 9.59 Å². The van der Waals surface area contributed by atoms with Gasteiger partial charge in [0.25, 0.3) is 5.91 Å². The number of hydrogen-bond acceptors (Lipinski definition) is 4. The molecule has 5 nitrogen and oxygen atoms in total. The fourth-order valence-electron chi connectivity index (χ4n) is 3.41. The Kier molecular flexibility index (Phi) is 6.55. The SMILES string of the molecule is CCOC(=O)Cn1c(=NC(=O)Cc2c(C)cc(C)cc2C)sc2cc(Cl)ccc21. The van der Waals surface area contributed by atoms with Gasteiger partial charge in [0.15, 0.2) is 4.80 Å². The molecule has 0 saturated carbocycles. The normalized spacial score (nSPS) is 11.8. The van der Waals surface area contributed by atoms with Crippen molar-refractivity contribution in [2.45, 2.75) is 40.7 Å². The number of esters is 1. The number of benzene rings is 2. The quantitative estimate of drug-likeness (QED) is 0.559. The second kappa shape index (κ2) is 8.93. The average Bonchev–Trinajstić information content (AvgIpc) is 2.94. The molecule has 0 aliphatic carbocycles. The highest BCUT2D eigenvalue weighted by Gasteiger charge is 2.14. The van der Waals surface area contributed by atoms with E-state index >= 15 is 0 Å². The molecule has 0 aliphatic rings. The van der Waals surface area contributed by atoms with Crippen molar-refractivity contribution in [3.63, 3.8) is 0 Å². The van der Waals surface area contributed by atoms with Gasteiger partial charge in [0, 0.05) is 5.02 Å². The predicted molar refractivity (Wildman–Crippen MR) is 116 cm³/mol. The van der Waals surface area contributed by atoms with E-state index in [4.69, 9.17) is 16.3 Å². The van der Waals surface area contributed by atoms with E-state index < -0.39 is 0 Å². The zero-order valence-corrected chi connectivity index (χ0v) is 18.5. The van der Waals surface area contributed by atoms with Crippen molar-refractivity contribution in [2.24, 2.45) is 4.99 Å². The first-order valence-corrected chi connectivity index (χ1v) is 10.6. The predicted octanol–water partition coefficient (Wildman–Crippen LogP) is 4.51. The van der Waals surface area contributed by atoms with Gasteiger partial charge in [-0.2, -0.15) is 4.99 Å². The Morgan fingerprint density at radius 1 is 1.14 bits per heavy atom. The maximum absolute atomic E-state index is 12.8. The summed E-state index contributed by atoms with van der Waals surface area (Å²) in [5, 5.41) is 0.589. The first-order chi connectivity index (χ1) is 13.8. The smallest absolute Gasteiger partial charge is 0.326 e. The fourth-order valence-corrected chi connectivity index (χ4v) is 4.73. The summed E-state index contributed by atoms with van der Waals surface area (Å²) >= 11 is 7.44. The highest BCUT2D eigenvalue weighted by molar-refractivity contribution is 7.16. The molecule has 1 amide bonds. The second-order valence-electron chi connectivity index (χ2n) is 6.95. The first-order valence-electron chi connectivity index (χ1n) is 9.37. The number of aromatic nitrogens is 1.